The first-order valence-corrected chi connectivity index (χ1v) is 11.7. The highest BCUT2D eigenvalue weighted by atomic mass is 79.9. The second-order valence-corrected chi connectivity index (χ2v) is 8.71. The maximum Gasteiger partial charge on any atom is 0.157 e. The number of carbonyl (C=O) groups excluding carboxylic acids is 2. The zero-order valence-electron chi connectivity index (χ0n) is 18.4. The molecule has 0 aliphatic rings. The fraction of sp³-hybridized carbons (Fsp3) is 0.231. The maximum atomic E-state index is 11.5. The van der Waals surface area contributed by atoms with E-state index in [1.165, 1.54) is 6.92 Å². The minimum atomic E-state index is -0.312. The largest absolute Gasteiger partial charge is 0.487 e. The lowest BCUT2D eigenvalue weighted by Gasteiger charge is -2.17. The van der Waals surface area contributed by atoms with Gasteiger partial charge in [0.2, 0.25) is 0 Å². The van der Waals surface area contributed by atoms with Crippen LogP contribution in [0.2, 0.25) is 5.02 Å². The molecule has 3 aromatic carbocycles. The van der Waals surface area contributed by atoms with Gasteiger partial charge in [-0.2, -0.15) is 0 Å². The lowest BCUT2D eigenvalue weighted by Crippen LogP contribution is -2.31. The summed E-state index contributed by atoms with van der Waals surface area (Å²) in [6.45, 7) is 3.86. The highest BCUT2D eigenvalue weighted by Crippen LogP contribution is 2.35. The molecule has 0 aliphatic carbocycles. The van der Waals surface area contributed by atoms with E-state index in [-0.39, 0.29) is 25.0 Å². The van der Waals surface area contributed by atoms with Crippen LogP contribution in [0.3, 0.4) is 0 Å². The average Bonchev–Trinajstić information content (AvgIpc) is 2.82. The number of hydrogen-bond donors (Lipinski definition) is 1. The maximum absolute atomic E-state index is 11.5. The first-order chi connectivity index (χ1) is 15.9. The third-order valence-electron chi connectivity index (χ3n) is 5.18. The topological polar surface area (TPSA) is 64.6 Å². The van der Waals surface area contributed by atoms with Crippen molar-refractivity contribution in [3.63, 3.8) is 0 Å². The van der Waals surface area contributed by atoms with Gasteiger partial charge in [0.25, 0.3) is 0 Å². The van der Waals surface area contributed by atoms with Crippen molar-refractivity contribution in [2.24, 2.45) is 0 Å². The molecule has 0 bridgehead atoms. The highest BCUT2D eigenvalue weighted by molar-refractivity contribution is 9.10. The van der Waals surface area contributed by atoms with Crippen LogP contribution in [0.1, 0.15) is 25.0 Å². The molecule has 172 valence electrons. The number of benzene rings is 3. The molecule has 0 heterocycles. The predicted octanol–water partition coefficient (Wildman–Crippen LogP) is 5.99. The summed E-state index contributed by atoms with van der Waals surface area (Å²) in [6, 6.07) is 19.2. The van der Waals surface area contributed by atoms with E-state index in [4.69, 9.17) is 21.1 Å². The van der Waals surface area contributed by atoms with Gasteiger partial charge in [-0.25, -0.2) is 0 Å². The Labute approximate surface area is 207 Å². The third-order valence-corrected chi connectivity index (χ3v) is 6.41. The summed E-state index contributed by atoms with van der Waals surface area (Å²) in [4.78, 5) is 22.4. The molecule has 0 saturated carbocycles. The summed E-state index contributed by atoms with van der Waals surface area (Å²) in [6.07, 6.45) is 0.677. The van der Waals surface area contributed by atoms with Crippen LogP contribution < -0.4 is 14.8 Å². The first kappa shape index (κ1) is 25.0. The molecule has 0 saturated heterocycles. The van der Waals surface area contributed by atoms with Crippen molar-refractivity contribution in [2.75, 3.05) is 6.61 Å². The summed E-state index contributed by atoms with van der Waals surface area (Å²) >= 11 is 10.2. The van der Waals surface area contributed by atoms with Crippen LogP contribution in [0.5, 0.6) is 11.5 Å². The van der Waals surface area contributed by atoms with Crippen LogP contribution in [0, 0.1) is 0 Å². The van der Waals surface area contributed by atoms with Crippen molar-refractivity contribution in [3.8, 4) is 22.6 Å². The van der Waals surface area contributed by atoms with Gasteiger partial charge in [0.15, 0.2) is 6.29 Å². The molecule has 1 atom stereocenters. The molecule has 0 amide bonds. The number of ether oxygens (including phenoxy) is 2. The summed E-state index contributed by atoms with van der Waals surface area (Å²) in [5.74, 6) is 0.944. The molecule has 0 aromatic heterocycles. The van der Waals surface area contributed by atoms with Crippen molar-refractivity contribution in [3.05, 3.63) is 81.3 Å². The van der Waals surface area contributed by atoms with E-state index < -0.39 is 0 Å². The van der Waals surface area contributed by atoms with Crippen LogP contribution in [0.4, 0.5) is 0 Å². The van der Waals surface area contributed by atoms with Crippen LogP contribution in [-0.2, 0) is 22.7 Å². The Morgan fingerprint density at radius 2 is 1.82 bits per heavy atom. The van der Waals surface area contributed by atoms with Gasteiger partial charge in [-0.1, -0.05) is 60.1 Å². The lowest BCUT2D eigenvalue weighted by molar-refractivity contribution is -0.118. The second-order valence-electron chi connectivity index (χ2n) is 7.51. The van der Waals surface area contributed by atoms with Crippen LogP contribution in [-0.4, -0.2) is 24.7 Å². The minimum Gasteiger partial charge on any atom is -0.487 e. The number of carbonyl (C=O) groups is 2. The zero-order chi connectivity index (χ0) is 23.8. The summed E-state index contributed by atoms with van der Waals surface area (Å²) in [5, 5.41) is 3.54. The van der Waals surface area contributed by atoms with Gasteiger partial charge in [0.1, 0.15) is 30.5 Å². The van der Waals surface area contributed by atoms with Crippen molar-refractivity contribution in [1.29, 1.82) is 0 Å². The monoisotopic (exact) mass is 529 g/mol. The number of rotatable bonds is 11. The minimum absolute atomic E-state index is 0.0275. The van der Waals surface area contributed by atoms with Gasteiger partial charge >= 0.3 is 0 Å². The quantitative estimate of drug-likeness (QED) is 0.308. The van der Waals surface area contributed by atoms with Crippen LogP contribution >= 0.6 is 27.5 Å². The molecule has 5 nitrogen and oxygen atoms in total. The number of ketones is 1. The fourth-order valence-corrected chi connectivity index (χ4v) is 4.03. The zero-order valence-corrected chi connectivity index (χ0v) is 20.8. The van der Waals surface area contributed by atoms with E-state index in [1.807, 2.05) is 36.4 Å². The van der Waals surface area contributed by atoms with Crippen molar-refractivity contribution < 1.29 is 19.1 Å². The summed E-state index contributed by atoms with van der Waals surface area (Å²) < 4.78 is 12.6. The Kier molecular flexibility index (Phi) is 9.06. The van der Waals surface area contributed by atoms with Crippen LogP contribution in [0.15, 0.2) is 65.1 Å². The number of Topliss-reactive ketones (excluding diaryl/α,β-unsaturated/α-hetero) is 1. The molecule has 0 radical (unpaired) electrons. The predicted molar refractivity (Wildman–Crippen MR) is 134 cm³/mol. The Morgan fingerprint density at radius 3 is 2.52 bits per heavy atom. The molecule has 0 spiro atoms. The summed E-state index contributed by atoms with van der Waals surface area (Å²) in [5.41, 5.74) is 3.86. The number of nitrogens with one attached hydrogen (secondary N) is 1. The molecular weight excluding hydrogens is 506 g/mol. The van der Waals surface area contributed by atoms with Gasteiger partial charge in [0, 0.05) is 28.2 Å². The smallest absolute Gasteiger partial charge is 0.157 e. The molecule has 3 aromatic rings. The van der Waals surface area contributed by atoms with Gasteiger partial charge in [0.05, 0.1) is 11.1 Å². The molecule has 0 fully saturated rings. The van der Waals surface area contributed by atoms with E-state index in [0.717, 1.165) is 26.7 Å². The van der Waals surface area contributed by atoms with Crippen molar-refractivity contribution in [2.45, 2.75) is 33.0 Å². The Morgan fingerprint density at radius 1 is 1.06 bits per heavy atom. The lowest BCUT2D eigenvalue weighted by atomic mass is 10.0. The van der Waals surface area contributed by atoms with Crippen molar-refractivity contribution in [1.82, 2.24) is 5.32 Å². The summed E-state index contributed by atoms with van der Waals surface area (Å²) in [7, 11) is 0. The standard InChI is InChI=1S/C26H25BrClNO4/c1-17(18(2)31)29-15-21-13-23(28)25(14-24(21)32-12-11-30)33-16-20-9-6-10-22(26(20)27)19-7-4-3-5-8-19/h3-11,13-14,17,29H,12,15-16H2,1-2H3. The Balaban J connectivity index is 1.81. The van der Waals surface area contributed by atoms with E-state index in [2.05, 4.69) is 33.4 Å². The Hall–Kier alpha value is -2.67. The van der Waals surface area contributed by atoms with Gasteiger partial charge < -0.3 is 14.8 Å². The van der Waals surface area contributed by atoms with Gasteiger partial charge in [-0.3, -0.25) is 9.59 Å². The molecular formula is C26H25BrClNO4. The van der Waals surface area contributed by atoms with Crippen LogP contribution in [0.25, 0.3) is 11.1 Å². The van der Waals surface area contributed by atoms with E-state index >= 15 is 0 Å². The van der Waals surface area contributed by atoms with E-state index in [0.29, 0.717) is 29.4 Å². The first-order valence-electron chi connectivity index (χ1n) is 10.5. The van der Waals surface area contributed by atoms with Crippen molar-refractivity contribution >= 4 is 39.6 Å². The van der Waals surface area contributed by atoms with Gasteiger partial charge in [-0.15, -0.1) is 0 Å². The molecule has 1 unspecified atom stereocenters. The SMILES string of the molecule is CC(=O)C(C)NCc1cc(Cl)c(OCc2cccc(-c3ccccc3)c2Br)cc1OCC=O. The highest BCUT2D eigenvalue weighted by Gasteiger charge is 2.15. The number of hydrogen-bond acceptors (Lipinski definition) is 5. The average molecular weight is 531 g/mol. The second kappa shape index (κ2) is 12.0. The molecule has 33 heavy (non-hydrogen) atoms. The van der Waals surface area contributed by atoms with E-state index in [9.17, 15) is 9.59 Å². The Bertz CT molecular complexity index is 1120. The van der Waals surface area contributed by atoms with E-state index in [1.54, 1.807) is 19.1 Å². The molecule has 0 aliphatic heterocycles. The molecule has 1 N–H and O–H groups in total. The molecule has 7 heteroatoms. The molecule has 3 rings (SSSR count). The number of halogens is 2. The third kappa shape index (κ3) is 6.67. The number of aldehydes is 1. The normalized spacial score (nSPS) is 11.6. The van der Waals surface area contributed by atoms with Gasteiger partial charge in [-0.05, 0) is 47.0 Å². The fourth-order valence-electron chi connectivity index (χ4n) is 3.18.